The highest BCUT2D eigenvalue weighted by Crippen LogP contribution is 2.29. The Hall–Kier alpha value is -2.84. The molecule has 2 aromatic rings. The van der Waals surface area contributed by atoms with Crippen LogP contribution in [0.15, 0.2) is 41.5 Å². The van der Waals surface area contributed by atoms with Crippen LogP contribution in [0, 0.1) is 11.8 Å². The summed E-state index contributed by atoms with van der Waals surface area (Å²) >= 11 is 0. The van der Waals surface area contributed by atoms with Crippen LogP contribution in [0.5, 0.6) is 5.75 Å². The van der Waals surface area contributed by atoms with Gasteiger partial charge in [0.05, 0.1) is 12.2 Å². The topological polar surface area (TPSA) is 64.4 Å². The monoisotopic (exact) mass is 421 g/mol. The summed E-state index contributed by atoms with van der Waals surface area (Å²) in [6.45, 7) is 1.78. The lowest BCUT2D eigenvalue weighted by Crippen LogP contribution is -2.45. The standard InChI is InChI=1S/C21H22F3N3O3/c22-21(23,24)18-10-19(28)27(13-25-18)11-14-5-7-26(8-6-14)20(29)16-9-15-3-1-2-4-17(15)30-12-16/h1-4,10,13-14,16H,5-9,11-12H2. The number of halogens is 3. The third-order valence-electron chi connectivity index (χ3n) is 5.78. The number of fused-ring (bicyclic) bond motifs is 1. The number of alkyl halides is 3. The van der Waals surface area contributed by atoms with Crippen molar-refractivity contribution in [2.45, 2.75) is 32.0 Å². The zero-order chi connectivity index (χ0) is 21.3. The van der Waals surface area contributed by atoms with E-state index < -0.39 is 17.4 Å². The number of ether oxygens (including phenoxy) is 1. The van der Waals surface area contributed by atoms with Crippen LogP contribution >= 0.6 is 0 Å². The van der Waals surface area contributed by atoms with Crippen molar-refractivity contribution in [2.75, 3.05) is 19.7 Å². The number of carbonyl (C=O) groups is 1. The average Bonchev–Trinajstić information content (AvgIpc) is 2.74. The number of nitrogens with zero attached hydrogens (tertiary/aromatic N) is 3. The molecule has 2 aliphatic heterocycles. The first-order valence-electron chi connectivity index (χ1n) is 9.94. The van der Waals surface area contributed by atoms with Gasteiger partial charge in [-0.15, -0.1) is 0 Å². The van der Waals surface area contributed by atoms with Gasteiger partial charge in [0.2, 0.25) is 5.91 Å². The third-order valence-corrected chi connectivity index (χ3v) is 5.78. The van der Waals surface area contributed by atoms with Crippen molar-refractivity contribution in [1.29, 1.82) is 0 Å². The summed E-state index contributed by atoms with van der Waals surface area (Å²) in [5.41, 5.74) is -0.861. The Morgan fingerprint density at radius 3 is 2.63 bits per heavy atom. The van der Waals surface area contributed by atoms with Crippen molar-refractivity contribution in [2.24, 2.45) is 11.8 Å². The van der Waals surface area contributed by atoms with Crippen LogP contribution in [-0.4, -0.2) is 40.1 Å². The summed E-state index contributed by atoms with van der Waals surface area (Å²) in [6, 6.07) is 8.23. The second-order valence-electron chi connectivity index (χ2n) is 7.85. The van der Waals surface area contributed by atoms with E-state index in [1.807, 2.05) is 29.2 Å². The largest absolute Gasteiger partial charge is 0.492 e. The molecule has 4 rings (SSSR count). The van der Waals surface area contributed by atoms with Gasteiger partial charge in [-0.2, -0.15) is 13.2 Å². The highest BCUT2D eigenvalue weighted by Gasteiger charge is 2.34. The number of piperidine rings is 1. The first-order valence-corrected chi connectivity index (χ1v) is 9.94. The summed E-state index contributed by atoms with van der Waals surface area (Å²) in [6.07, 6.45) is -1.65. The Morgan fingerprint density at radius 2 is 1.93 bits per heavy atom. The average molecular weight is 421 g/mol. The number of amides is 1. The number of aromatic nitrogens is 2. The van der Waals surface area contributed by atoms with Crippen LogP contribution in [0.4, 0.5) is 13.2 Å². The normalized spacial score (nSPS) is 19.8. The molecule has 0 radical (unpaired) electrons. The Labute approximate surface area is 171 Å². The molecule has 0 aliphatic carbocycles. The minimum atomic E-state index is -4.63. The maximum atomic E-state index is 12.9. The summed E-state index contributed by atoms with van der Waals surface area (Å²) in [7, 11) is 0. The van der Waals surface area contributed by atoms with Crippen LogP contribution in [0.25, 0.3) is 0 Å². The molecular weight excluding hydrogens is 399 g/mol. The molecular formula is C21H22F3N3O3. The first-order chi connectivity index (χ1) is 14.3. The lowest BCUT2D eigenvalue weighted by molar-refractivity contribution is -0.141. The zero-order valence-electron chi connectivity index (χ0n) is 16.3. The Balaban J connectivity index is 1.32. The molecule has 0 spiro atoms. The van der Waals surface area contributed by atoms with Gasteiger partial charge in [-0.25, -0.2) is 4.98 Å². The predicted octanol–water partition coefficient (Wildman–Crippen LogP) is 2.75. The summed E-state index contributed by atoms with van der Waals surface area (Å²) in [5.74, 6) is 0.791. The molecule has 1 unspecified atom stereocenters. The minimum absolute atomic E-state index is 0.0660. The maximum Gasteiger partial charge on any atom is 0.433 e. The lowest BCUT2D eigenvalue weighted by atomic mass is 9.92. The molecule has 6 nitrogen and oxygen atoms in total. The lowest BCUT2D eigenvalue weighted by Gasteiger charge is -2.35. The van der Waals surface area contributed by atoms with E-state index in [2.05, 4.69) is 4.98 Å². The van der Waals surface area contributed by atoms with Crippen molar-refractivity contribution in [3.05, 3.63) is 58.3 Å². The number of para-hydroxylation sites is 1. The molecule has 1 aromatic carbocycles. The van der Waals surface area contributed by atoms with Crippen molar-refractivity contribution in [3.63, 3.8) is 0 Å². The minimum Gasteiger partial charge on any atom is -0.492 e. The van der Waals surface area contributed by atoms with Gasteiger partial charge >= 0.3 is 6.18 Å². The SMILES string of the molecule is O=C(C1COc2ccccc2C1)N1CCC(Cn2cnc(C(F)(F)F)cc2=O)CC1. The Morgan fingerprint density at radius 1 is 1.20 bits per heavy atom. The van der Waals surface area contributed by atoms with Crippen molar-refractivity contribution >= 4 is 5.91 Å². The molecule has 3 heterocycles. The van der Waals surface area contributed by atoms with Crippen LogP contribution in [0.2, 0.25) is 0 Å². The van der Waals surface area contributed by atoms with Crippen LogP contribution in [0.1, 0.15) is 24.1 Å². The van der Waals surface area contributed by atoms with E-state index in [1.54, 1.807) is 0 Å². The van der Waals surface area contributed by atoms with Gasteiger partial charge in [-0.05, 0) is 36.8 Å². The molecule has 2 aliphatic rings. The van der Waals surface area contributed by atoms with Gasteiger partial charge in [-0.1, -0.05) is 18.2 Å². The molecule has 1 amide bonds. The summed E-state index contributed by atoms with van der Waals surface area (Å²) in [4.78, 5) is 30.1. The van der Waals surface area contributed by atoms with E-state index in [4.69, 9.17) is 4.74 Å². The molecule has 9 heteroatoms. The molecule has 1 fully saturated rings. The number of likely N-dealkylation sites (tertiary alicyclic amines) is 1. The maximum absolute atomic E-state index is 12.9. The predicted molar refractivity (Wildman–Crippen MR) is 102 cm³/mol. The number of hydrogen-bond acceptors (Lipinski definition) is 4. The second kappa shape index (κ2) is 8.12. The number of benzene rings is 1. The smallest absolute Gasteiger partial charge is 0.433 e. The fraction of sp³-hybridized carbons (Fsp3) is 0.476. The van der Waals surface area contributed by atoms with Crippen LogP contribution < -0.4 is 10.3 Å². The fourth-order valence-electron chi connectivity index (χ4n) is 4.08. The first kappa shape index (κ1) is 20.4. The van der Waals surface area contributed by atoms with E-state index >= 15 is 0 Å². The molecule has 160 valence electrons. The summed E-state index contributed by atoms with van der Waals surface area (Å²) in [5, 5.41) is 0. The van der Waals surface area contributed by atoms with Crippen molar-refractivity contribution < 1.29 is 22.7 Å². The van der Waals surface area contributed by atoms with Gasteiger partial charge in [0.25, 0.3) is 5.56 Å². The van der Waals surface area contributed by atoms with Crippen molar-refractivity contribution in [3.8, 4) is 5.75 Å². The van der Waals surface area contributed by atoms with Gasteiger partial charge in [0.1, 0.15) is 12.4 Å². The summed E-state index contributed by atoms with van der Waals surface area (Å²) < 4.78 is 44.9. The van der Waals surface area contributed by atoms with E-state index in [9.17, 15) is 22.8 Å². The van der Waals surface area contributed by atoms with Crippen LogP contribution in [0.3, 0.4) is 0 Å². The van der Waals surface area contributed by atoms with Gasteiger partial charge in [0.15, 0.2) is 5.69 Å². The van der Waals surface area contributed by atoms with Gasteiger partial charge < -0.3 is 9.64 Å². The number of carbonyl (C=O) groups excluding carboxylic acids is 1. The molecule has 30 heavy (non-hydrogen) atoms. The fourth-order valence-corrected chi connectivity index (χ4v) is 4.08. The van der Waals surface area contributed by atoms with E-state index in [-0.39, 0.29) is 17.7 Å². The van der Waals surface area contributed by atoms with E-state index in [0.717, 1.165) is 17.6 Å². The molecule has 1 atom stereocenters. The molecule has 0 bridgehead atoms. The second-order valence-corrected chi connectivity index (χ2v) is 7.85. The van der Waals surface area contributed by atoms with E-state index in [1.165, 1.54) is 4.57 Å². The number of hydrogen-bond donors (Lipinski definition) is 0. The van der Waals surface area contributed by atoms with Crippen molar-refractivity contribution in [1.82, 2.24) is 14.5 Å². The third kappa shape index (κ3) is 4.34. The molecule has 0 saturated carbocycles. The Bertz CT molecular complexity index is 981. The Kier molecular flexibility index (Phi) is 5.53. The van der Waals surface area contributed by atoms with Crippen LogP contribution in [-0.2, 0) is 23.9 Å². The van der Waals surface area contributed by atoms with E-state index in [0.29, 0.717) is 51.6 Å². The molecule has 0 N–H and O–H groups in total. The molecule has 1 saturated heterocycles. The quantitative estimate of drug-likeness (QED) is 0.765. The number of rotatable bonds is 3. The van der Waals surface area contributed by atoms with Gasteiger partial charge in [-0.3, -0.25) is 14.2 Å². The highest BCUT2D eigenvalue weighted by molar-refractivity contribution is 5.80. The zero-order valence-corrected chi connectivity index (χ0v) is 16.3. The highest BCUT2D eigenvalue weighted by atomic mass is 19.4. The molecule has 1 aromatic heterocycles. The van der Waals surface area contributed by atoms with Gasteiger partial charge in [0, 0.05) is 25.7 Å².